The van der Waals surface area contributed by atoms with E-state index in [1.54, 1.807) is 12.1 Å². The van der Waals surface area contributed by atoms with Crippen molar-refractivity contribution >= 4 is 23.2 Å². The zero-order valence-corrected chi connectivity index (χ0v) is 13.2. The van der Waals surface area contributed by atoms with Crippen LogP contribution in [-0.4, -0.2) is 31.4 Å². The largest absolute Gasteiger partial charge is 0.490 e. The molecule has 3 rings (SSSR count). The van der Waals surface area contributed by atoms with Crippen molar-refractivity contribution in [3.63, 3.8) is 0 Å². The van der Waals surface area contributed by atoms with Crippen molar-refractivity contribution in [2.75, 3.05) is 25.6 Å². The van der Waals surface area contributed by atoms with Gasteiger partial charge in [-0.3, -0.25) is 4.79 Å². The summed E-state index contributed by atoms with van der Waals surface area (Å²) in [6, 6.07) is 3.27. The lowest BCUT2D eigenvalue weighted by atomic mass is 10.2. The van der Waals surface area contributed by atoms with Crippen molar-refractivity contribution in [2.24, 2.45) is 0 Å². The SMILES string of the molecule is COCc1nocc1C(=O)Nc1cc2c(cc1Cl)OCCCO2. The predicted molar refractivity (Wildman–Crippen MR) is 82.2 cm³/mol. The Bertz CT molecular complexity index is 716. The van der Waals surface area contributed by atoms with Gasteiger partial charge in [0.15, 0.2) is 11.5 Å². The summed E-state index contributed by atoms with van der Waals surface area (Å²) in [6.07, 6.45) is 2.05. The Kier molecular flexibility index (Phi) is 4.68. The second kappa shape index (κ2) is 6.89. The second-order valence-electron chi connectivity index (χ2n) is 4.89. The van der Waals surface area contributed by atoms with E-state index in [1.165, 1.54) is 13.4 Å². The van der Waals surface area contributed by atoms with Crippen molar-refractivity contribution < 1.29 is 23.5 Å². The number of nitrogens with one attached hydrogen (secondary N) is 1. The molecule has 0 fully saturated rings. The van der Waals surface area contributed by atoms with Crippen LogP contribution in [0.25, 0.3) is 0 Å². The number of ether oxygens (including phenoxy) is 3. The summed E-state index contributed by atoms with van der Waals surface area (Å²) in [5.41, 5.74) is 1.12. The molecule has 0 saturated carbocycles. The number of aromatic nitrogens is 1. The Morgan fingerprint density at radius 1 is 1.35 bits per heavy atom. The van der Waals surface area contributed by atoms with Gasteiger partial charge in [0, 0.05) is 25.7 Å². The zero-order valence-electron chi connectivity index (χ0n) is 12.4. The summed E-state index contributed by atoms with van der Waals surface area (Å²) in [5, 5.41) is 6.81. The van der Waals surface area contributed by atoms with Crippen LogP contribution < -0.4 is 14.8 Å². The normalized spacial score (nSPS) is 13.5. The van der Waals surface area contributed by atoms with E-state index in [0.717, 1.165) is 6.42 Å². The van der Waals surface area contributed by atoms with E-state index in [9.17, 15) is 4.79 Å². The highest BCUT2D eigenvalue weighted by Crippen LogP contribution is 2.37. The monoisotopic (exact) mass is 338 g/mol. The molecule has 0 bridgehead atoms. The number of halogens is 1. The fraction of sp³-hybridized carbons (Fsp3) is 0.333. The van der Waals surface area contributed by atoms with Gasteiger partial charge in [0.05, 0.1) is 30.5 Å². The minimum Gasteiger partial charge on any atom is -0.490 e. The zero-order chi connectivity index (χ0) is 16.2. The van der Waals surface area contributed by atoms with Gasteiger partial charge in [0.2, 0.25) is 0 Å². The molecule has 2 aromatic rings. The van der Waals surface area contributed by atoms with Gasteiger partial charge in [-0.15, -0.1) is 0 Å². The molecule has 8 heteroatoms. The maximum absolute atomic E-state index is 12.4. The summed E-state index contributed by atoms with van der Waals surface area (Å²) in [6.45, 7) is 1.29. The highest BCUT2D eigenvalue weighted by atomic mass is 35.5. The van der Waals surface area contributed by atoms with E-state index in [1.807, 2.05) is 0 Å². The summed E-state index contributed by atoms with van der Waals surface area (Å²) in [4.78, 5) is 12.4. The highest BCUT2D eigenvalue weighted by Gasteiger charge is 2.19. The Morgan fingerprint density at radius 3 is 2.83 bits per heavy atom. The van der Waals surface area contributed by atoms with E-state index in [0.29, 0.717) is 41.1 Å². The number of anilines is 1. The molecule has 0 unspecified atom stereocenters. The van der Waals surface area contributed by atoms with E-state index in [-0.39, 0.29) is 12.2 Å². The molecule has 1 amide bonds. The summed E-state index contributed by atoms with van der Waals surface area (Å²) in [7, 11) is 1.51. The summed E-state index contributed by atoms with van der Waals surface area (Å²) in [5.74, 6) is 0.717. The molecule has 1 aliphatic heterocycles. The smallest absolute Gasteiger partial charge is 0.261 e. The third-order valence-electron chi connectivity index (χ3n) is 3.26. The minimum absolute atomic E-state index is 0.175. The third-order valence-corrected chi connectivity index (χ3v) is 3.57. The molecule has 1 N–H and O–H groups in total. The van der Waals surface area contributed by atoms with Gasteiger partial charge in [-0.05, 0) is 0 Å². The number of carbonyl (C=O) groups excluding carboxylic acids is 1. The Balaban J connectivity index is 1.83. The van der Waals surface area contributed by atoms with Crippen LogP contribution in [0.4, 0.5) is 5.69 Å². The first-order valence-corrected chi connectivity index (χ1v) is 7.39. The van der Waals surface area contributed by atoms with Crippen LogP contribution in [0.3, 0.4) is 0 Å². The van der Waals surface area contributed by atoms with Crippen molar-refractivity contribution in [2.45, 2.75) is 13.0 Å². The number of hydrogen-bond donors (Lipinski definition) is 1. The predicted octanol–water partition coefficient (Wildman–Crippen LogP) is 2.89. The molecule has 0 aliphatic carbocycles. The van der Waals surface area contributed by atoms with Gasteiger partial charge < -0.3 is 24.1 Å². The first-order chi connectivity index (χ1) is 11.2. The first kappa shape index (κ1) is 15.6. The lowest BCUT2D eigenvalue weighted by Gasteiger charge is -2.12. The van der Waals surface area contributed by atoms with Crippen LogP contribution >= 0.6 is 11.6 Å². The molecular formula is C15H15ClN2O5. The summed E-state index contributed by atoms with van der Waals surface area (Å²) < 4.78 is 20.9. The van der Waals surface area contributed by atoms with Crippen molar-refractivity contribution in [3.8, 4) is 11.5 Å². The van der Waals surface area contributed by atoms with Gasteiger partial charge in [-0.25, -0.2) is 0 Å². The molecule has 0 spiro atoms. The number of methoxy groups -OCH3 is 1. The molecule has 23 heavy (non-hydrogen) atoms. The molecule has 1 aliphatic rings. The van der Waals surface area contributed by atoms with Gasteiger partial charge in [-0.2, -0.15) is 0 Å². The number of fused-ring (bicyclic) bond motifs is 1. The van der Waals surface area contributed by atoms with Crippen LogP contribution in [0.2, 0.25) is 5.02 Å². The molecule has 0 atom stereocenters. The molecule has 0 saturated heterocycles. The minimum atomic E-state index is -0.394. The number of benzene rings is 1. The van der Waals surface area contributed by atoms with Gasteiger partial charge in [-0.1, -0.05) is 16.8 Å². The maximum atomic E-state index is 12.4. The van der Waals surface area contributed by atoms with Crippen LogP contribution in [0, 0.1) is 0 Å². The van der Waals surface area contributed by atoms with Crippen LogP contribution in [0.1, 0.15) is 22.5 Å². The van der Waals surface area contributed by atoms with Gasteiger partial charge >= 0.3 is 0 Å². The lowest BCUT2D eigenvalue weighted by Crippen LogP contribution is -2.14. The Labute approximate surface area is 137 Å². The fourth-order valence-electron chi connectivity index (χ4n) is 2.15. The lowest BCUT2D eigenvalue weighted by molar-refractivity contribution is 0.102. The standard InChI is InChI=1S/C15H15ClN2O5/c1-20-8-12-9(7-23-18-12)15(19)17-11-6-14-13(5-10(11)16)21-3-2-4-22-14/h5-7H,2-4,8H2,1H3,(H,17,19). The van der Waals surface area contributed by atoms with Crippen LogP contribution in [-0.2, 0) is 11.3 Å². The summed E-state index contributed by atoms with van der Waals surface area (Å²) >= 11 is 6.21. The number of amides is 1. The first-order valence-electron chi connectivity index (χ1n) is 7.01. The van der Waals surface area contributed by atoms with E-state index < -0.39 is 5.91 Å². The van der Waals surface area contributed by atoms with Gasteiger partial charge in [0.1, 0.15) is 17.5 Å². The number of carbonyl (C=O) groups is 1. The molecule has 1 aromatic carbocycles. The van der Waals surface area contributed by atoms with E-state index >= 15 is 0 Å². The molecule has 122 valence electrons. The molecule has 2 heterocycles. The number of hydrogen-bond acceptors (Lipinski definition) is 6. The van der Waals surface area contributed by atoms with Crippen molar-refractivity contribution in [1.82, 2.24) is 5.16 Å². The van der Waals surface area contributed by atoms with Crippen LogP contribution in [0.15, 0.2) is 22.9 Å². The number of rotatable bonds is 4. The average Bonchev–Trinajstić information content (AvgIpc) is 2.87. The van der Waals surface area contributed by atoms with Crippen LogP contribution in [0.5, 0.6) is 11.5 Å². The third kappa shape index (κ3) is 3.40. The topological polar surface area (TPSA) is 82.8 Å². The Hall–Kier alpha value is -2.25. The molecule has 1 aromatic heterocycles. The molecule has 7 nitrogen and oxygen atoms in total. The van der Waals surface area contributed by atoms with E-state index in [4.69, 9.17) is 30.3 Å². The maximum Gasteiger partial charge on any atom is 0.261 e. The Morgan fingerprint density at radius 2 is 2.09 bits per heavy atom. The second-order valence-corrected chi connectivity index (χ2v) is 5.30. The van der Waals surface area contributed by atoms with E-state index in [2.05, 4.69) is 10.5 Å². The fourth-order valence-corrected chi connectivity index (χ4v) is 2.36. The van der Waals surface area contributed by atoms with Crippen molar-refractivity contribution in [3.05, 3.63) is 34.7 Å². The van der Waals surface area contributed by atoms with Gasteiger partial charge in [0.25, 0.3) is 5.91 Å². The average molecular weight is 339 g/mol. The molecule has 0 radical (unpaired) electrons. The van der Waals surface area contributed by atoms with Crippen molar-refractivity contribution in [1.29, 1.82) is 0 Å². The molecular weight excluding hydrogens is 324 g/mol. The quantitative estimate of drug-likeness (QED) is 0.923. The number of nitrogens with zero attached hydrogens (tertiary/aromatic N) is 1. The highest BCUT2D eigenvalue weighted by molar-refractivity contribution is 6.34.